The van der Waals surface area contributed by atoms with E-state index in [4.69, 9.17) is 5.73 Å². The third-order valence-electron chi connectivity index (χ3n) is 8.30. The van der Waals surface area contributed by atoms with Crippen LogP contribution in [0, 0.1) is 5.92 Å². The Balaban J connectivity index is 1.84. The minimum atomic E-state index is -1.11. The zero-order valence-electron chi connectivity index (χ0n) is 26.3. The first-order chi connectivity index (χ1) is 22.0. The quantitative estimate of drug-likeness (QED) is 0.105. The van der Waals surface area contributed by atoms with Gasteiger partial charge in [-0.2, -0.15) is 0 Å². The molecule has 46 heavy (non-hydrogen) atoms. The van der Waals surface area contributed by atoms with Gasteiger partial charge in [-0.1, -0.05) is 50.6 Å². The van der Waals surface area contributed by atoms with Crippen LogP contribution in [0.5, 0.6) is 11.5 Å². The van der Waals surface area contributed by atoms with Crippen LogP contribution in [-0.2, 0) is 25.6 Å². The average Bonchev–Trinajstić information content (AvgIpc) is 3.54. The van der Waals surface area contributed by atoms with E-state index in [0.29, 0.717) is 38.6 Å². The van der Waals surface area contributed by atoms with E-state index >= 15 is 0 Å². The summed E-state index contributed by atoms with van der Waals surface area (Å²) >= 11 is 0. The number of carboxylic acids is 1. The van der Waals surface area contributed by atoms with Gasteiger partial charge in [-0.15, -0.1) is 0 Å². The smallest absolute Gasteiger partial charge is 0.326 e. The number of nitrogens with one attached hydrogen (secondary N) is 3. The number of phenolic OH excluding ortho intramolecular Hbond substituents is 2. The Bertz CT molecular complexity index is 1370. The SMILES string of the molecule is CC[C@H](C)[C@H](NC(=O)[C@H](CCCCN)NC(=O)c1cc(O)ccc1O)C(=O)N[C@@H](Cc1ccccc1)C(=O)N1CCC[C@H]1C(=O)O. The average molecular weight is 640 g/mol. The summed E-state index contributed by atoms with van der Waals surface area (Å²) in [5, 5.41) is 37.8. The molecule has 3 rings (SSSR count). The van der Waals surface area contributed by atoms with Crippen molar-refractivity contribution in [2.45, 2.75) is 83.0 Å². The molecule has 1 fully saturated rings. The number of hydrogen-bond donors (Lipinski definition) is 7. The third-order valence-corrected chi connectivity index (χ3v) is 8.30. The summed E-state index contributed by atoms with van der Waals surface area (Å²) in [6.07, 6.45) is 2.68. The second-order valence-corrected chi connectivity index (χ2v) is 11.7. The molecule has 4 amide bonds. The van der Waals surface area contributed by atoms with Gasteiger partial charge in [-0.3, -0.25) is 19.2 Å². The predicted octanol–water partition coefficient (Wildman–Crippen LogP) is 1.66. The van der Waals surface area contributed by atoms with E-state index in [1.807, 2.05) is 13.0 Å². The lowest BCUT2D eigenvalue weighted by atomic mass is 9.96. The van der Waals surface area contributed by atoms with Crippen molar-refractivity contribution in [2.24, 2.45) is 11.7 Å². The van der Waals surface area contributed by atoms with Gasteiger partial charge in [0.25, 0.3) is 5.91 Å². The van der Waals surface area contributed by atoms with Crippen molar-refractivity contribution in [1.29, 1.82) is 0 Å². The summed E-state index contributed by atoms with van der Waals surface area (Å²) in [7, 11) is 0. The number of unbranched alkanes of at least 4 members (excludes halogenated alkanes) is 1. The maximum absolute atomic E-state index is 13.8. The summed E-state index contributed by atoms with van der Waals surface area (Å²) in [6, 6.07) is 8.19. The molecule has 13 heteroatoms. The first-order valence-electron chi connectivity index (χ1n) is 15.7. The Labute approximate surface area is 268 Å². The molecule has 0 bridgehead atoms. The molecule has 2 aromatic rings. The van der Waals surface area contributed by atoms with Gasteiger partial charge in [0, 0.05) is 13.0 Å². The number of nitrogens with zero attached hydrogens (tertiary/aromatic N) is 1. The van der Waals surface area contributed by atoms with Crippen LogP contribution in [0.4, 0.5) is 0 Å². The van der Waals surface area contributed by atoms with Crippen molar-refractivity contribution in [2.75, 3.05) is 13.1 Å². The summed E-state index contributed by atoms with van der Waals surface area (Å²) in [4.78, 5) is 67.3. The van der Waals surface area contributed by atoms with Crippen molar-refractivity contribution in [3.63, 3.8) is 0 Å². The number of nitrogens with two attached hydrogens (primary N) is 1. The van der Waals surface area contributed by atoms with Crippen LogP contribution in [0.25, 0.3) is 0 Å². The van der Waals surface area contributed by atoms with E-state index in [1.54, 1.807) is 31.2 Å². The first kappa shape index (κ1) is 35.8. The maximum Gasteiger partial charge on any atom is 0.326 e. The molecule has 8 N–H and O–H groups in total. The third kappa shape index (κ3) is 9.67. The zero-order valence-corrected chi connectivity index (χ0v) is 26.3. The number of phenols is 2. The van der Waals surface area contributed by atoms with Crippen LogP contribution in [0.2, 0.25) is 0 Å². The molecule has 0 radical (unpaired) electrons. The van der Waals surface area contributed by atoms with E-state index in [0.717, 1.165) is 17.7 Å². The molecule has 1 heterocycles. The Morgan fingerprint density at radius 3 is 2.33 bits per heavy atom. The lowest BCUT2D eigenvalue weighted by Crippen LogP contribution is -2.59. The molecular formula is C33H45N5O8. The molecule has 0 aliphatic carbocycles. The van der Waals surface area contributed by atoms with Gasteiger partial charge in [0.2, 0.25) is 17.7 Å². The number of carbonyl (C=O) groups excluding carboxylic acids is 4. The molecule has 2 aromatic carbocycles. The minimum Gasteiger partial charge on any atom is -0.508 e. The zero-order chi connectivity index (χ0) is 33.8. The summed E-state index contributed by atoms with van der Waals surface area (Å²) < 4.78 is 0. The molecule has 0 saturated carbocycles. The Kier molecular flexibility index (Phi) is 13.4. The van der Waals surface area contributed by atoms with E-state index < -0.39 is 53.8 Å². The van der Waals surface area contributed by atoms with Crippen LogP contribution < -0.4 is 21.7 Å². The van der Waals surface area contributed by atoms with Gasteiger partial charge in [-0.05, 0) is 68.3 Å². The van der Waals surface area contributed by atoms with Crippen molar-refractivity contribution in [3.8, 4) is 11.5 Å². The number of rotatable bonds is 16. The molecular weight excluding hydrogens is 594 g/mol. The van der Waals surface area contributed by atoms with Crippen molar-refractivity contribution in [1.82, 2.24) is 20.9 Å². The normalized spacial score (nSPS) is 16.9. The maximum atomic E-state index is 13.8. The fraction of sp³-hybridized carbons (Fsp3) is 0.485. The molecule has 5 atom stereocenters. The molecule has 0 unspecified atom stereocenters. The largest absolute Gasteiger partial charge is 0.508 e. The van der Waals surface area contributed by atoms with Crippen molar-refractivity contribution >= 4 is 29.6 Å². The number of amides is 4. The fourth-order valence-electron chi connectivity index (χ4n) is 5.46. The first-order valence-corrected chi connectivity index (χ1v) is 15.7. The molecule has 0 spiro atoms. The molecule has 13 nitrogen and oxygen atoms in total. The van der Waals surface area contributed by atoms with Crippen LogP contribution in [-0.4, -0.2) is 87.1 Å². The molecule has 1 aliphatic heterocycles. The number of carboxylic acid groups (broad SMARTS) is 1. The number of hydrogen-bond acceptors (Lipinski definition) is 8. The van der Waals surface area contributed by atoms with Crippen molar-refractivity contribution < 1.29 is 39.3 Å². The Morgan fingerprint density at radius 1 is 0.957 bits per heavy atom. The number of likely N-dealkylation sites (tertiary alicyclic amines) is 1. The number of aromatic hydroxyl groups is 2. The standard InChI is InChI=1S/C33H45N5O8/c1-3-20(2)28(37-30(42)24(12-7-8-16-34)35-29(41)23-19-22(39)14-15-27(23)40)31(43)36-25(18-21-10-5-4-6-11-21)32(44)38-17-9-13-26(38)33(45)46/h4-6,10-11,14-15,19-20,24-26,28,39-40H,3,7-9,12-13,16-18,34H2,1-2H3,(H,35,41)(H,36,43)(H,37,42)(H,45,46)/t20-,24-,25-,26-,28-/m0/s1. The van der Waals surface area contributed by atoms with Gasteiger partial charge in [0.1, 0.15) is 35.7 Å². The fourth-order valence-corrected chi connectivity index (χ4v) is 5.46. The van der Waals surface area contributed by atoms with E-state index in [2.05, 4.69) is 16.0 Å². The van der Waals surface area contributed by atoms with E-state index in [-0.39, 0.29) is 42.4 Å². The highest BCUT2D eigenvalue weighted by Crippen LogP contribution is 2.23. The topological polar surface area (TPSA) is 211 Å². The van der Waals surface area contributed by atoms with Gasteiger partial charge >= 0.3 is 5.97 Å². The van der Waals surface area contributed by atoms with Crippen LogP contribution in [0.15, 0.2) is 48.5 Å². The Hall–Kier alpha value is -4.65. The summed E-state index contributed by atoms with van der Waals surface area (Å²) in [5.74, 6) is -4.71. The highest BCUT2D eigenvalue weighted by molar-refractivity contribution is 6.00. The minimum absolute atomic E-state index is 0.112. The van der Waals surface area contributed by atoms with E-state index in [1.165, 1.54) is 11.0 Å². The second kappa shape index (κ2) is 17.2. The Morgan fingerprint density at radius 2 is 1.67 bits per heavy atom. The predicted molar refractivity (Wildman–Crippen MR) is 170 cm³/mol. The molecule has 1 aliphatic rings. The number of benzene rings is 2. The van der Waals surface area contributed by atoms with Crippen LogP contribution >= 0.6 is 0 Å². The lowest BCUT2D eigenvalue weighted by Gasteiger charge is -2.31. The monoisotopic (exact) mass is 639 g/mol. The number of carbonyl (C=O) groups is 5. The summed E-state index contributed by atoms with van der Waals surface area (Å²) in [6.45, 7) is 4.23. The van der Waals surface area contributed by atoms with Crippen molar-refractivity contribution in [3.05, 3.63) is 59.7 Å². The van der Waals surface area contributed by atoms with Gasteiger partial charge in [0.05, 0.1) is 5.56 Å². The van der Waals surface area contributed by atoms with Gasteiger partial charge in [-0.25, -0.2) is 4.79 Å². The van der Waals surface area contributed by atoms with Crippen LogP contribution in [0.3, 0.4) is 0 Å². The molecule has 250 valence electrons. The highest BCUT2D eigenvalue weighted by Gasteiger charge is 2.39. The van der Waals surface area contributed by atoms with E-state index in [9.17, 15) is 39.3 Å². The van der Waals surface area contributed by atoms with Crippen LogP contribution in [0.1, 0.15) is 68.3 Å². The number of aliphatic carboxylic acids is 1. The highest BCUT2D eigenvalue weighted by atomic mass is 16.4. The molecule has 1 saturated heterocycles. The van der Waals surface area contributed by atoms with Gasteiger partial charge < -0.3 is 41.9 Å². The second-order valence-electron chi connectivity index (χ2n) is 11.7. The van der Waals surface area contributed by atoms with Gasteiger partial charge in [0.15, 0.2) is 0 Å². The summed E-state index contributed by atoms with van der Waals surface area (Å²) in [5.41, 5.74) is 6.16. The molecule has 0 aromatic heterocycles. The lowest BCUT2D eigenvalue weighted by molar-refractivity contribution is -0.149.